The van der Waals surface area contributed by atoms with Crippen LogP contribution in [0.2, 0.25) is 0 Å². The summed E-state index contributed by atoms with van der Waals surface area (Å²) in [5.74, 6) is 1.72. The molecule has 0 bridgehead atoms. The standard InChI is InChI=1S/C63H37N5O/c1-2-21-42(22-3-1)68-53-30-12-10-25-46(53)47-27-15-29-50(60(47)68)62-64-61(48-28-14-20-38-16-6-8-23-44(38)48)65-63(66-62)52-36-43(37-57-59(52)49-26-11-13-31-56(49)69-57)67-54-33-32-39-17-7-9-24-45(39)58(54)51-34-40-18-4-5-19-41(40)35-55(51)67/h1-37H. The van der Waals surface area contributed by atoms with E-state index in [1.807, 2.05) is 12.1 Å². The molecule has 0 saturated heterocycles. The van der Waals surface area contributed by atoms with Crippen LogP contribution in [-0.4, -0.2) is 24.1 Å². The number of nitrogens with zero attached hydrogens (tertiary/aromatic N) is 5. The van der Waals surface area contributed by atoms with Crippen LogP contribution < -0.4 is 0 Å². The fourth-order valence-corrected chi connectivity index (χ4v) is 11.1. The number of benzene rings is 11. The van der Waals surface area contributed by atoms with Gasteiger partial charge in [0.25, 0.3) is 0 Å². The Kier molecular flexibility index (Phi) is 7.97. The van der Waals surface area contributed by atoms with E-state index in [9.17, 15) is 0 Å². The average Bonchev–Trinajstić information content (AvgIpc) is 4.07. The lowest BCUT2D eigenvalue weighted by molar-refractivity contribution is 0.668. The zero-order chi connectivity index (χ0) is 45.2. The molecule has 6 heteroatoms. The highest BCUT2D eigenvalue weighted by Crippen LogP contribution is 2.44. The fourth-order valence-electron chi connectivity index (χ4n) is 11.1. The number of fused-ring (bicyclic) bond motifs is 13. The molecular formula is C63H37N5O. The van der Waals surface area contributed by atoms with Gasteiger partial charge in [0.05, 0.1) is 27.8 Å². The second-order valence-electron chi connectivity index (χ2n) is 17.9. The first-order valence-corrected chi connectivity index (χ1v) is 23.3. The van der Waals surface area contributed by atoms with Crippen LogP contribution in [0.4, 0.5) is 0 Å². The van der Waals surface area contributed by atoms with Gasteiger partial charge in [-0.25, -0.2) is 15.0 Å². The maximum absolute atomic E-state index is 6.87. The summed E-state index contributed by atoms with van der Waals surface area (Å²) in [4.78, 5) is 16.6. The molecule has 15 aromatic rings. The summed E-state index contributed by atoms with van der Waals surface area (Å²) in [5, 5.41) is 13.6. The van der Waals surface area contributed by atoms with E-state index in [0.29, 0.717) is 17.5 Å². The van der Waals surface area contributed by atoms with Crippen molar-refractivity contribution in [2.75, 3.05) is 0 Å². The SMILES string of the molecule is c1ccc(-n2c3ccccc3c3cccc(-c4nc(-c5cccc6ccccc56)nc(-c5cc(-n6c7cc8ccccc8cc7c7c8ccccc8ccc76)cc6oc7ccccc7c56)n4)c32)cc1. The molecule has 320 valence electrons. The number of hydrogen-bond donors (Lipinski definition) is 0. The number of furan rings is 1. The van der Waals surface area contributed by atoms with Gasteiger partial charge in [-0.15, -0.1) is 0 Å². The molecular weight excluding hydrogens is 843 g/mol. The van der Waals surface area contributed by atoms with Gasteiger partial charge < -0.3 is 13.6 Å². The van der Waals surface area contributed by atoms with Gasteiger partial charge in [-0.3, -0.25) is 0 Å². The van der Waals surface area contributed by atoms with Crippen LogP contribution in [0, 0.1) is 0 Å². The van der Waals surface area contributed by atoms with Gasteiger partial charge >= 0.3 is 0 Å². The van der Waals surface area contributed by atoms with Crippen molar-refractivity contribution in [2.45, 2.75) is 0 Å². The van der Waals surface area contributed by atoms with Crippen molar-refractivity contribution in [3.63, 3.8) is 0 Å². The average molecular weight is 880 g/mol. The minimum Gasteiger partial charge on any atom is -0.456 e. The van der Waals surface area contributed by atoms with Crippen LogP contribution in [0.5, 0.6) is 0 Å². The highest BCUT2D eigenvalue weighted by molar-refractivity contribution is 6.24. The van der Waals surface area contributed by atoms with Crippen LogP contribution in [0.3, 0.4) is 0 Å². The predicted molar refractivity (Wildman–Crippen MR) is 285 cm³/mol. The van der Waals surface area contributed by atoms with Gasteiger partial charge in [-0.1, -0.05) is 164 Å². The molecule has 0 unspecified atom stereocenters. The molecule has 4 heterocycles. The summed E-state index contributed by atoms with van der Waals surface area (Å²) in [6.07, 6.45) is 0. The van der Waals surface area contributed by atoms with Crippen LogP contribution in [0.1, 0.15) is 0 Å². The summed E-state index contributed by atoms with van der Waals surface area (Å²) in [7, 11) is 0. The highest BCUT2D eigenvalue weighted by atomic mass is 16.3. The molecule has 0 aliphatic carbocycles. The lowest BCUT2D eigenvalue weighted by Crippen LogP contribution is -2.03. The molecule has 0 spiro atoms. The Balaban J connectivity index is 1.08. The van der Waals surface area contributed by atoms with E-state index >= 15 is 0 Å². The fraction of sp³-hybridized carbons (Fsp3) is 0. The molecule has 11 aromatic carbocycles. The van der Waals surface area contributed by atoms with Crippen molar-refractivity contribution in [1.29, 1.82) is 0 Å². The Morgan fingerprint density at radius 2 is 0.884 bits per heavy atom. The summed E-state index contributed by atoms with van der Waals surface area (Å²) < 4.78 is 11.6. The Hall–Kier alpha value is -9.39. The molecule has 69 heavy (non-hydrogen) atoms. The minimum atomic E-state index is 0.553. The molecule has 6 nitrogen and oxygen atoms in total. The van der Waals surface area contributed by atoms with Crippen LogP contribution in [-0.2, 0) is 0 Å². The van der Waals surface area contributed by atoms with Gasteiger partial charge in [-0.2, -0.15) is 0 Å². The molecule has 0 aliphatic rings. The molecule has 4 aromatic heterocycles. The summed E-state index contributed by atoms with van der Waals surface area (Å²) in [5.41, 5.74) is 10.6. The van der Waals surface area contributed by atoms with Crippen LogP contribution in [0.15, 0.2) is 229 Å². The quantitative estimate of drug-likeness (QED) is 0.173. The Bertz CT molecular complexity index is 4610. The zero-order valence-electron chi connectivity index (χ0n) is 37.0. The molecule has 0 radical (unpaired) electrons. The summed E-state index contributed by atoms with van der Waals surface area (Å²) in [6.45, 7) is 0. The monoisotopic (exact) mass is 879 g/mol. The van der Waals surface area contributed by atoms with Crippen molar-refractivity contribution in [3.8, 4) is 45.5 Å². The van der Waals surface area contributed by atoms with Crippen molar-refractivity contribution in [2.24, 2.45) is 0 Å². The maximum atomic E-state index is 6.87. The molecule has 0 amide bonds. The largest absolute Gasteiger partial charge is 0.456 e. The van der Waals surface area contributed by atoms with E-state index < -0.39 is 0 Å². The number of aromatic nitrogens is 5. The van der Waals surface area contributed by atoms with E-state index in [0.717, 1.165) is 93.6 Å². The first-order chi connectivity index (χ1) is 34.2. The highest BCUT2D eigenvalue weighted by Gasteiger charge is 2.25. The molecule has 15 rings (SSSR count). The van der Waals surface area contributed by atoms with E-state index in [4.69, 9.17) is 19.4 Å². The van der Waals surface area contributed by atoms with Crippen molar-refractivity contribution in [1.82, 2.24) is 24.1 Å². The topological polar surface area (TPSA) is 61.7 Å². The van der Waals surface area contributed by atoms with Crippen LogP contribution in [0.25, 0.3) is 143 Å². The predicted octanol–water partition coefficient (Wildman–Crippen LogP) is 16.4. The first kappa shape index (κ1) is 37.8. The van der Waals surface area contributed by atoms with Crippen molar-refractivity contribution >= 4 is 97.9 Å². The zero-order valence-corrected chi connectivity index (χ0v) is 37.0. The molecule has 0 atom stereocenters. The third-order valence-electron chi connectivity index (χ3n) is 14.1. The van der Waals surface area contributed by atoms with Gasteiger partial charge in [0, 0.05) is 60.8 Å². The van der Waals surface area contributed by atoms with Gasteiger partial charge in [-0.05, 0) is 86.9 Å². The number of para-hydroxylation sites is 4. The van der Waals surface area contributed by atoms with E-state index in [-0.39, 0.29) is 0 Å². The molecule has 0 fully saturated rings. The molecule has 0 saturated carbocycles. The molecule has 0 aliphatic heterocycles. The Labute approximate surface area is 394 Å². The third-order valence-corrected chi connectivity index (χ3v) is 14.1. The van der Waals surface area contributed by atoms with E-state index in [1.165, 1.54) is 32.3 Å². The Morgan fingerprint density at radius 1 is 0.290 bits per heavy atom. The lowest BCUT2D eigenvalue weighted by atomic mass is 10.0. The summed E-state index contributed by atoms with van der Waals surface area (Å²) >= 11 is 0. The lowest BCUT2D eigenvalue weighted by Gasteiger charge is -2.15. The third kappa shape index (κ3) is 5.63. The first-order valence-electron chi connectivity index (χ1n) is 23.3. The number of hydrogen-bond acceptors (Lipinski definition) is 4. The second-order valence-corrected chi connectivity index (χ2v) is 17.9. The van der Waals surface area contributed by atoms with Gasteiger partial charge in [0.15, 0.2) is 17.5 Å². The van der Waals surface area contributed by atoms with E-state index in [2.05, 4.69) is 221 Å². The van der Waals surface area contributed by atoms with Gasteiger partial charge in [0.1, 0.15) is 11.2 Å². The molecule has 0 N–H and O–H groups in total. The minimum absolute atomic E-state index is 0.553. The van der Waals surface area contributed by atoms with E-state index in [1.54, 1.807) is 0 Å². The van der Waals surface area contributed by atoms with Crippen molar-refractivity contribution < 1.29 is 4.42 Å². The maximum Gasteiger partial charge on any atom is 0.166 e. The van der Waals surface area contributed by atoms with Crippen molar-refractivity contribution in [3.05, 3.63) is 224 Å². The Morgan fingerprint density at radius 3 is 1.71 bits per heavy atom. The smallest absolute Gasteiger partial charge is 0.166 e. The van der Waals surface area contributed by atoms with Crippen LogP contribution >= 0.6 is 0 Å². The normalized spacial score (nSPS) is 12.1. The van der Waals surface area contributed by atoms with Gasteiger partial charge in [0.2, 0.25) is 0 Å². The summed E-state index contributed by atoms with van der Waals surface area (Å²) in [6, 6.07) is 79.7. The number of rotatable bonds is 5. The second kappa shape index (κ2) is 14.6.